The zero-order chi connectivity index (χ0) is 11.2. The van der Waals surface area contributed by atoms with Crippen LogP contribution in [0.3, 0.4) is 0 Å². The minimum absolute atomic E-state index is 0.841. The maximum atomic E-state index is 3.96. The highest BCUT2D eigenvalue weighted by molar-refractivity contribution is 7.99. The molecule has 1 aliphatic carbocycles. The van der Waals surface area contributed by atoms with Crippen LogP contribution < -0.4 is 5.32 Å². The second-order valence-corrected chi connectivity index (χ2v) is 6.72. The van der Waals surface area contributed by atoms with Crippen molar-refractivity contribution in [1.29, 1.82) is 0 Å². The summed E-state index contributed by atoms with van der Waals surface area (Å²) in [6.45, 7) is 2.32. The number of hydrogen-bond donors (Lipinski definition) is 1. The molecule has 2 heteroatoms. The minimum Gasteiger partial charge on any atom is -0.311 e. The summed E-state index contributed by atoms with van der Waals surface area (Å²) < 4.78 is 0. The lowest BCUT2D eigenvalue weighted by Crippen LogP contribution is -2.42. The van der Waals surface area contributed by atoms with Gasteiger partial charge in [-0.1, -0.05) is 26.2 Å². The Bertz CT molecular complexity index is 189. The summed E-state index contributed by atoms with van der Waals surface area (Å²) in [5.74, 6) is 3.75. The summed E-state index contributed by atoms with van der Waals surface area (Å²) in [5, 5.41) is 3.96. The molecule has 0 aromatic rings. The second kappa shape index (κ2) is 6.90. The van der Waals surface area contributed by atoms with E-state index in [9.17, 15) is 0 Å². The first-order valence-electron chi connectivity index (χ1n) is 7.24. The van der Waals surface area contributed by atoms with Gasteiger partial charge in [-0.2, -0.15) is 11.8 Å². The molecule has 1 saturated heterocycles. The van der Waals surface area contributed by atoms with E-state index < -0.39 is 0 Å². The van der Waals surface area contributed by atoms with Crippen LogP contribution in [0.2, 0.25) is 0 Å². The van der Waals surface area contributed by atoms with Crippen LogP contribution in [0, 0.1) is 5.92 Å². The molecule has 1 aliphatic heterocycles. The summed E-state index contributed by atoms with van der Waals surface area (Å²) in [4.78, 5) is 0. The van der Waals surface area contributed by atoms with Crippen LogP contribution in [0.4, 0.5) is 0 Å². The SMILES string of the molecule is CCCCC1CCCC1NC1CCSCC1. The predicted octanol–water partition coefficient (Wildman–Crippen LogP) is 3.83. The molecule has 0 bridgehead atoms. The molecule has 1 nitrogen and oxygen atoms in total. The van der Waals surface area contributed by atoms with Crippen molar-refractivity contribution in [3.8, 4) is 0 Å². The molecule has 0 aromatic heterocycles. The Hall–Kier alpha value is 0.310. The van der Waals surface area contributed by atoms with Crippen molar-refractivity contribution in [2.24, 2.45) is 5.92 Å². The normalized spacial score (nSPS) is 32.1. The fourth-order valence-corrected chi connectivity index (χ4v) is 4.34. The third kappa shape index (κ3) is 3.66. The first-order chi connectivity index (χ1) is 7.90. The van der Waals surface area contributed by atoms with E-state index in [0.29, 0.717) is 0 Å². The van der Waals surface area contributed by atoms with E-state index >= 15 is 0 Å². The molecule has 2 rings (SSSR count). The number of thioether (sulfide) groups is 1. The third-order valence-corrected chi connectivity index (χ3v) is 5.31. The molecular formula is C14H27NS. The van der Waals surface area contributed by atoms with Gasteiger partial charge in [0.05, 0.1) is 0 Å². The Labute approximate surface area is 105 Å². The highest BCUT2D eigenvalue weighted by atomic mass is 32.2. The largest absolute Gasteiger partial charge is 0.311 e. The van der Waals surface area contributed by atoms with Crippen LogP contribution in [0.25, 0.3) is 0 Å². The molecule has 0 amide bonds. The highest BCUT2D eigenvalue weighted by Crippen LogP contribution is 2.31. The lowest BCUT2D eigenvalue weighted by atomic mass is 9.95. The first-order valence-corrected chi connectivity index (χ1v) is 8.39. The molecule has 2 atom stereocenters. The molecule has 0 spiro atoms. The topological polar surface area (TPSA) is 12.0 Å². The van der Waals surface area contributed by atoms with Gasteiger partial charge in [-0.3, -0.25) is 0 Å². The Morgan fingerprint density at radius 2 is 1.94 bits per heavy atom. The molecule has 0 aromatic carbocycles. The zero-order valence-electron chi connectivity index (χ0n) is 10.7. The number of unbranched alkanes of at least 4 members (excludes halogenated alkanes) is 1. The highest BCUT2D eigenvalue weighted by Gasteiger charge is 2.28. The lowest BCUT2D eigenvalue weighted by molar-refractivity contribution is 0.324. The van der Waals surface area contributed by atoms with Gasteiger partial charge in [-0.05, 0) is 49.5 Å². The maximum absolute atomic E-state index is 3.96. The van der Waals surface area contributed by atoms with Crippen LogP contribution in [0.15, 0.2) is 0 Å². The molecule has 0 radical (unpaired) electrons. The third-order valence-electron chi connectivity index (χ3n) is 4.26. The van der Waals surface area contributed by atoms with Gasteiger partial charge >= 0.3 is 0 Å². The Balaban J connectivity index is 1.73. The Morgan fingerprint density at radius 1 is 1.12 bits per heavy atom. The van der Waals surface area contributed by atoms with Gasteiger partial charge in [0.15, 0.2) is 0 Å². The molecule has 1 N–H and O–H groups in total. The van der Waals surface area contributed by atoms with Gasteiger partial charge in [-0.15, -0.1) is 0 Å². The van der Waals surface area contributed by atoms with E-state index in [0.717, 1.165) is 18.0 Å². The van der Waals surface area contributed by atoms with Gasteiger partial charge in [0, 0.05) is 12.1 Å². The lowest BCUT2D eigenvalue weighted by Gasteiger charge is -2.29. The smallest absolute Gasteiger partial charge is 0.00979 e. The van der Waals surface area contributed by atoms with Gasteiger partial charge in [0.2, 0.25) is 0 Å². The van der Waals surface area contributed by atoms with Crippen LogP contribution in [0.5, 0.6) is 0 Å². The average molecular weight is 241 g/mol. The molecule has 16 heavy (non-hydrogen) atoms. The number of nitrogens with one attached hydrogen (secondary N) is 1. The van der Waals surface area contributed by atoms with Crippen LogP contribution >= 0.6 is 11.8 Å². The summed E-state index contributed by atoms with van der Waals surface area (Å²) in [5.41, 5.74) is 0. The number of hydrogen-bond acceptors (Lipinski definition) is 2. The zero-order valence-corrected chi connectivity index (χ0v) is 11.5. The van der Waals surface area contributed by atoms with Crippen molar-refractivity contribution < 1.29 is 0 Å². The fraction of sp³-hybridized carbons (Fsp3) is 1.00. The Morgan fingerprint density at radius 3 is 2.69 bits per heavy atom. The van der Waals surface area contributed by atoms with Gasteiger partial charge in [-0.25, -0.2) is 0 Å². The molecular weight excluding hydrogens is 214 g/mol. The monoisotopic (exact) mass is 241 g/mol. The van der Waals surface area contributed by atoms with E-state index in [2.05, 4.69) is 24.0 Å². The summed E-state index contributed by atoms with van der Waals surface area (Å²) >= 11 is 2.13. The molecule has 1 saturated carbocycles. The van der Waals surface area contributed by atoms with Crippen LogP contribution in [0.1, 0.15) is 58.3 Å². The van der Waals surface area contributed by atoms with Crippen molar-refractivity contribution in [3.05, 3.63) is 0 Å². The van der Waals surface area contributed by atoms with Crippen molar-refractivity contribution in [3.63, 3.8) is 0 Å². The van der Waals surface area contributed by atoms with Crippen molar-refractivity contribution in [2.75, 3.05) is 11.5 Å². The van der Waals surface area contributed by atoms with E-state index in [4.69, 9.17) is 0 Å². The molecule has 2 fully saturated rings. The van der Waals surface area contributed by atoms with Crippen LogP contribution in [-0.2, 0) is 0 Å². The molecule has 2 unspecified atom stereocenters. The van der Waals surface area contributed by atoms with Gasteiger partial charge < -0.3 is 5.32 Å². The molecule has 2 aliphatic rings. The number of rotatable bonds is 5. The van der Waals surface area contributed by atoms with Crippen molar-refractivity contribution >= 4 is 11.8 Å². The standard InChI is InChI=1S/C14H27NS/c1-2-3-5-12-6-4-7-14(12)15-13-8-10-16-11-9-13/h12-15H,2-11H2,1H3. The Kier molecular flexibility index (Phi) is 5.51. The maximum Gasteiger partial charge on any atom is 0.00979 e. The summed E-state index contributed by atoms with van der Waals surface area (Å²) in [6.07, 6.45) is 11.5. The van der Waals surface area contributed by atoms with Crippen molar-refractivity contribution in [2.45, 2.75) is 70.4 Å². The quantitative estimate of drug-likeness (QED) is 0.785. The van der Waals surface area contributed by atoms with E-state index in [-0.39, 0.29) is 0 Å². The van der Waals surface area contributed by atoms with Gasteiger partial charge in [0.1, 0.15) is 0 Å². The van der Waals surface area contributed by atoms with E-state index in [1.165, 1.54) is 62.9 Å². The molecule has 94 valence electrons. The predicted molar refractivity (Wildman–Crippen MR) is 74.1 cm³/mol. The molecule has 1 heterocycles. The van der Waals surface area contributed by atoms with Crippen LogP contribution in [-0.4, -0.2) is 23.6 Å². The minimum atomic E-state index is 0.841. The summed E-state index contributed by atoms with van der Waals surface area (Å²) in [7, 11) is 0. The van der Waals surface area contributed by atoms with Gasteiger partial charge in [0.25, 0.3) is 0 Å². The van der Waals surface area contributed by atoms with E-state index in [1.807, 2.05) is 0 Å². The first kappa shape index (κ1) is 12.8. The average Bonchev–Trinajstić information content (AvgIpc) is 2.75. The van der Waals surface area contributed by atoms with E-state index in [1.54, 1.807) is 0 Å². The summed E-state index contributed by atoms with van der Waals surface area (Å²) in [6, 6.07) is 1.70. The second-order valence-electron chi connectivity index (χ2n) is 5.49. The fourth-order valence-electron chi connectivity index (χ4n) is 3.24. The van der Waals surface area contributed by atoms with Crippen molar-refractivity contribution in [1.82, 2.24) is 5.32 Å².